The molecule has 1 aromatic heterocycles. The van der Waals surface area contributed by atoms with Gasteiger partial charge in [-0.25, -0.2) is 0 Å². The van der Waals surface area contributed by atoms with Gasteiger partial charge >= 0.3 is 0 Å². The third-order valence-electron chi connectivity index (χ3n) is 1.38. The fourth-order valence-corrected chi connectivity index (χ4v) is 1.88. The monoisotopic (exact) mass is 212 g/mol. The smallest absolute Gasteiger partial charge is 0.263 e. The second-order valence-electron chi connectivity index (χ2n) is 2.28. The van der Waals surface area contributed by atoms with Gasteiger partial charge in [0, 0.05) is 6.07 Å². The number of nitrogens with one attached hydrogen (secondary N) is 1. The molecule has 1 aliphatic heterocycles. The van der Waals surface area contributed by atoms with Crippen molar-refractivity contribution in [3.63, 3.8) is 0 Å². The Morgan fingerprint density at radius 2 is 2.54 bits per heavy atom. The van der Waals surface area contributed by atoms with Crippen LogP contribution < -0.4 is 5.32 Å². The standard InChI is InChI=1S/C7H4N2O2S2/c10-6-5(13-7(12)8-6)3-4-1-2-11-9-4/h1-3H,(H,8,10,12). The van der Waals surface area contributed by atoms with Crippen molar-refractivity contribution in [2.45, 2.75) is 0 Å². The van der Waals surface area contributed by atoms with Crippen LogP contribution in [0.25, 0.3) is 6.08 Å². The average molecular weight is 212 g/mol. The summed E-state index contributed by atoms with van der Waals surface area (Å²) in [5, 5.41) is 6.16. The molecule has 1 saturated heterocycles. The molecule has 0 bridgehead atoms. The summed E-state index contributed by atoms with van der Waals surface area (Å²) >= 11 is 6.04. The number of rotatable bonds is 1. The number of thiocarbonyl (C=S) groups is 1. The summed E-state index contributed by atoms with van der Waals surface area (Å²) in [4.78, 5) is 11.7. The highest BCUT2D eigenvalue weighted by atomic mass is 32.2. The van der Waals surface area contributed by atoms with Gasteiger partial charge in [-0.15, -0.1) is 0 Å². The molecule has 0 unspecified atom stereocenters. The van der Waals surface area contributed by atoms with E-state index >= 15 is 0 Å². The lowest BCUT2D eigenvalue weighted by molar-refractivity contribution is -0.115. The second-order valence-corrected chi connectivity index (χ2v) is 4.00. The summed E-state index contributed by atoms with van der Waals surface area (Å²) in [6, 6.07) is 1.67. The Morgan fingerprint density at radius 3 is 3.08 bits per heavy atom. The first-order valence-corrected chi connectivity index (χ1v) is 4.63. The zero-order valence-electron chi connectivity index (χ0n) is 6.31. The van der Waals surface area contributed by atoms with Crippen LogP contribution in [0.1, 0.15) is 5.69 Å². The van der Waals surface area contributed by atoms with Crippen molar-refractivity contribution < 1.29 is 9.32 Å². The van der Waals surface area contributed by atoms with Crippen LogP contribution in [-0.2, 0) is 4.79 Å². The van der Waals surface area contributed by atoms with Crippen LogP contribution in [0.5, 0.6) is 0 Å². The van der Waals surface area contributed by atoms with E-state index in [1.165, 1.54) is 18.0 Å². The van der Waals surface area contributed by atoms with Gasteiger partial charge in [-0.05, 0) is 6.08 Å². The van der Waals surface area contributed by atoms with Crippen LogP contribution in [0.4, 0.5) is 0 Å². The van der Waals surface area contributed by atoms with Gasteiger partial charge in [0.15, 0.2) is 0 Å². The lowest BCUT2D eigenvalue weighted by atomic mass is 10.4. The molecule has 0 radical (unpaired) electrons. The zero-order chi connectivity index (χ0) is 9.26. The number of hydrogen-bond donors (Lipinski definition) is 1. The number of carbonyl (C=O) groups is 1. The molecule has 0 spiro atoms. The van der Waals surface area contributed by atoms with Crippen molar-refractivity contribution in [1.82, 2.24) is 10.5 Å². The molecule has 0 saturated carbocycles. The van der Waals surface area contributed by atoms with Crippen molar-refractivity contribution in [3.8, 4) is 0 Å². The van der Waals surface area contributed by atoms with Gasteiger partial charge in [0.2, 0.25) is 0 Å². The number of nitrogens with zero attached hydrogens (tertiary/aromatic N) is 1. The second kappa shape index (κ2) is 3.31. The minimum atomic E-state index is -0.182. The number of hydrogen-bond acceptors (Lipinski definition) is 5. The molecule has 1 fully saturated rings. The SMILES string of the molecule is O=C1NC(=S)SC1=Cc1ccon1. The van der Waals surface area contributed by atoms with Crippen molar-refractivity contribution in [1.29, 1.82) is 0 Å². The number of aromatic nitrogens is 1. The minimum absolute atomic E-state index is 0.182. The lowest BCUT2D eigenvalue weighted by Gasteiger charge is -1.86. The van der Waals surface area contributed by atoms with E-state index in [0.29, 0.717) is 14.9 Å². The molecule has 1 N–H and O–H groups in total. The van der Waals surface area contributed by atoms with E-state index in [4.69, 9.17) is 12.2 Å². The van der Waals surface area contributed by atoms with Crippen LogP contribution >= 0.6 is 24.0 Å². The fourth-order valence-electron chi connectivity index (χ4n) is 0.852. The Kier molecular flexibility index (Phi) is 2.15. The Balaban J connectivity index is 2.27. The summed E-state index contributed by atoms with van der Waals surface area (Å²) < 4.78 is 5.09. The molecule has 66 valence electrons. The third-order valence-corrected chi connectivity index (χ3v) is 2.54. The molecular formula is C7H4N2O2S2. The van der Waals surface area contributed by atoms with E-state index in [2.05, 4.69) is 15.0 Å². The van der Waals surface area contributed by atoms with E-state index < -0.39 is 0 Å². The Morgan fingerprint density at radius 1 is 1.69 bits per heavy atom. The van der Waals surface area contributed by atoms with Crippen LogP contribution in [-0.4, -0.2) is 15.4 Å². The first-order chi connectivity index (χ1) is 6.25. The Hall–Kier alpha value is -1.14. The summed E-state index contributed by atoms with van der Waals surface area (Å²) in [6.45, 7) is 0. The van der Waals surface area contributed by atoms with E-state index in [9.17, 15) is 4.79 Å². The van der Waals surface area contributed by atoms with Crippen molar-refractivity contribution in [2.75, 3.05) is 0 Å². The van der Waals surface area contributed by atoms with Gasteiger partial charge in [-0.3, -0.25) is 4.79 Å². The van der Waals surface area contributed by atoms with E-state index in [-0.39, 0.29) is 5.91 Å². The molecule has 0 aliphatic carbocycles. The van der Waals surface area contributed by atoms with Crippen LogP contribution in [0.15, 0.2) is 21.8 Å². The molecule has 13 heavy (non-hydrogen) atoms. The summed E-state index contributed by atoms with van der Waals surface area (Å²) in [5.74, 6) is -0.182. The van der Waals surface area contributed by atoms with Gasteiger partial charge in [-0.2, -0.15) is 0 Å². The van der Waals surface area contributed by atoms with Crippen LogP contribution in [0.2, 0.25) is 0 Å². The first-order valence-electron chi connectivity index (χ1n) is 3.41. The number of amides is 1. The van der Waals surface area contributed by atoms with Crippen molar-refractivity contribution in [2.24, 2.45) is 0 Å². The molecule has 0 aromatic carbocycles. The molecule has 2 rings (SSSR count). The third kappa shape index (κ3) is 1.78. The van der Waals surface area contributed by atoms with Gasteiger partial charge in [0.25, 0.3) is 5.91 Å². The van der Waals surface area contributed by atoms with Crippen molar-refractivity contribution in [3.05, 3.63) is 22.9 Å². The van der Waals surface area contributed by atoms with E-state index in [1.807, 2.05) is 0 Å². The molecule has 4 nitrogen and oxygen atoms in total. The molecule has 1 aromatic rings. The first kappa shape index (κ1) is 8.46. The quantitative estimate of drug-likeness (QED) is 0.559. The Bertz CT molecular complexity index is 383. The highest BCUT2D eigenvalue weighted by molar-refractivity contribution is 8.26. The zero-order valence-corrected chi connectivity index (χ0v) is 7.95. The molecule has 2 heterocycles. The highest BCUT2D eigenvalue weighted by Crippen LogP contribution is 2.25. The molecule has 6 heteroatoms. The number of thioether (sulfide) groups is 1. The Labute approximate surface area is 83.4 Å². The summed E-state index contributed by atoms with van der Waals surface area (Å²) in [5.41, 5.74) is 0.613. The fraction of sp³-hybridized carbons (Fsp3) is 0. The predicted molar refractivity (Wildman–Crippen MR) is 52.8 cm³/mol. The maximum Gasteiger partial charge on any atom is 0.263 e. The topological polar surface area (TPSA) is 55.1 Å². The van der Waals surface area contributed by atoms with E-state index in [0.717, 1.165) is 0 Å². The maximum atomic E-state index is 11.2. The van der Waals surface area contributed by atoms with Gasteiger partial charge in [0.05, 0.1) is 4.91 Å². The lowest BCUT2D eigenvalue weighted by Crippen LogP contribution is -2.17. The maximum absolute atomic E-state index is 11.2. The molecule has 1 amide bonds. The number of carbonyl (C=O) groups excluding carboxylic acids is 1. The van der Waals surface area contributed by atoms with Gasteiger partial charge in [-0.1, -0.05) is 29.1 Å². The molecule has 0 atom stereocenters. The minimum Gasteiger partial charge on any atom is -0.364 e. The summed E-state index contributed by atoms with van der Waals surface area (Å²) in [7, 11) is 0. The van der Waals surface area contributed by atoms with Crippen molar-refractivity contribution >= 4 is 40.3 Å². The highest BCUT2D eigenvalue weighted by Gasteiger charge is 2.22. The van der Waals surface area contributed by atoms with Gasteiger partial charge < -0.3 is 9.84 Å². The predicted octanol–water partition coefficient (Wildman–Crippen LogP) is 1.16. The average Bonchev–Trinajstić information content (AvgIpc) is 2.63. The molecule has 1 aliphatic rings. The molecular weight excluding hydrogens is 208 g/mol. The normalized spacial score (nSPS) is 19.5. The van der Waals surface area contributed by atoms with Crippen LogP contribution in [0.3, 0.4) is 0 Å². The largest absolute Gasteiger partial charge is 0.364 e. The van der Waals surface area contributed by atoms with Crippen LogP contribution in [0, 0.1) is 0 Å². The van der Waals surface area contributed by atoms with Gasteiger partial charge in [0.1, 0.15) is 16.3 Å². The summed E-state index contributed by atoms with van der Waals surface area (Å²) in [6.07, 6.45) is 3.07. The van der Waals surface area contributed by atoms with E-state index in [1.54, 1.807) is 12.1 Å².